The van der Waals surface area contributed by atoms with Crippen LogP contribution in [-0.2, 0) is 0 Å². The summed E-state index contributed by atoms with van der Waals surface area (Å²) in [6.45, 7) is 4.37. The monoisotopic (exact) mass is 248 g/mol. The Hall–Kier alpha value is -0.860. The van der Waals surface area contributed by atoms with Gasteiger partial charge in [0.05, 0.1) is 0 Å². The van der Waals surface area contributed by atoms with Gasteiger partial charge in [-0.1, -0.05) is 17.7 Å². The van der Waals surface area contributed by atoms with Crippen molar-refractivity contribution in [2.75, 3.05) is 13.1 Å². The van der Waals surface area contributed by atoms with Crippen molar-refractivity contribution in [2.24, 2.45) is 11.8 Å². The summed E-state index contributed by atoms with van der Waals surface area (Å²) in [4.78, 5) is 4.25. The summed E-state index contributed by atoms with van der Waals surface area (Å²) in [7, 11) is 0. The predicted octanol–water partition coefficient (Wildman–Crippen LogP) is 3.06. The first-order chi connectivity index (χ1) is 8.24. The van der Waals surface area contributed by atoms with Crippen LogP contribution in [0.25, 0.3) is 5.57 Å². The second-order valence-corrected chi connectivity index (χ2v) is 5.54. The zero-order valence-corrected chi connectivity index (χ0v) is 10.8. The highest BCUT2D eigenvalue weighted by atomic mass is 35.5. The summed E-state index contributed by atoms with van der Waals surface area (Å²) >= 11 is 5.97. The molecular formula is C14H17ClN2. The number of pyridine rings is 1. The maximum atomic E-state index is 5.97. The molecular weight excluding hydrogens is 232 g/mol. The second-order valence-electron chi connectivity index (χ2n) is 5.18. The molecule has 0 bridgehead atoms. The molecule has 3 heteroatoms. The van der Waals surface area contributed by atoms with Crippen LogP contribution in [0.4, 0.5) is 0 Å². The Bertz CT molecular complexity index is 467. The molecule has 0 unspecified atom stereocenters. The lowest BCUT2D eigenvalue weighted by atomic mass is 9.80. The van der Waals surface area contributed by atoms with Crippen LogP contribution in [0.2, 0.25) is 5.15 Å². The Kier molecular flexibility index (Phi) is 2.93. The lowest BCUT2D eigenvalue weighted by Crippen LogP contribution is -2.16. The van der Waals surface area contributed by atoms with Crippen molar-refractivity contribution >= 4 is 17.2 Å². The van der Waals surface area contributed by atoms with Crippen LogP contribution in [0.15, 0.2) is 18.3 Å². The summed E-state index contributed by atoms with van der Waals surface area (Å²) in [5, 5.41) is 4.10. The number of hydrogen-bond donors (Lipinski definition) is 1. The first-order valence-corrected chi connectivity index (χ1v) is 6.64. The molecule has 1 fully saturated rings. The third-order valence-corrected chi connectivity index (χ3v) is 4.41. The molecule has 1 aromatic rings. The van der Waals surface area contributed by atoms with E-state index in [1.54, 1.807) is 0 Å². The number of fused-ring (bicyclic) bond motifs is 1. The summed E-state index contributed by atoms with van der Waals surface area (Å²) in [5.74, 6) is 1.66. The van der Waals surface area contributed by atoms with Gasteiger partial charge in [0.1, 0.15) is 5.15 Å². The van der Waals surface area contributed by atoms with Gasteiger partial charge in [0.25, 0.3) is 0 Å². The maximum absolute atomic E-state index is 5.97. The Morgan fingerprint density at radius 2 is 2.18 bits per heavy atom. The Morgan fingerprint density at radius 3 is 3.00 bits per heavy atom. The van der Waals surface area contributed by atoms with Crippen molar-refractivity contribution in [2.45, 2.75) is 19.8 Å². The first kappa shape index (κ1) is 11.2. The average Bonchev–Trinajstić information content (AvgIpc) is 2.79. The van der Waals surface area contributed by atoms with Crippen molar-refractivity contribution in [1.82, 2.24) is 10.3 Å². The quantitative estimate of drug-likeness (QED) is 0.773. The molecule has 0 saturated carbocycles. The Balaban J connectivity index is 1.86. The van der Waals surface area contributed by atoms with Gasteiger partial charge in [-0.25, -0.2) is 4.98 Å². The minimum Gasteiger partial charge on any atom is -0.316 e. The molecule has 0 amide bonds. The predicted molar refractivity (Wildman–Crippen MR) is 71.0 cm³/mol. The summed E-state index contributed by atoms with van der Waals surface area (Å²) < 4.78 is 0. The highest BCUT2D eigenvalue weighted by Gasteiger charge is 2.30. The van der Waals surface area contributed by atoms with E-state index in [1.165, 1.54) is 37.1 Å². The van der Waals surface area contributed by atoms with Gasteiger partial charge in [-0.2, -0.15) is 0 Å². The molecule has 1 N–H and O–H groups in total. The molecule has 17 heavy (non-hydrogen) atoms. The zero-order valence-electron chi connectivity index (χ0n) is 10.0. The molecule has 90 valence electrons. The third kappa shape index (κ3) is 2.12. The molecule has 2 aliphatic rings. The highest BCUT2D eigenvalue weighted by Crippen LogP contribution is 2.36. The fourth-order valence-corrected chi connectivity index (χ4v) is 3.03. The molecule has 0 radical (unpaired) electrons. The third-order valence-electron chi connectivity index (χ3n) is 4.01. The van der Waals surface area contributed by atoms with Gasteiger partial charge < -0.3 is 5.32 Å². The number of rotatable bonds is 1. The van der Waals surface area contributed by atoms with Gasteiger partial charge in [0, 0.05) is 6.20 Å². The SMILES string of the molecule is Cc1cc(C2=CC[C@H]3CNC[C@H]3C2)cnc1Cl. The molecule has 2 nitrogen and oxygen atoms in total. The molecule has 1 aliphatic carbocycles. The van der Waals surface area contributed by atoms with E-state index in [4.69, 9.17) is 11.6 Å². The summed E-state index contributed by atoms with van der Waals surface area (Å²) in [6.07, 6.45) is 6.68. The molecule has 3 rings (SSSR count). The van der Waals surface area contributed by atoms with Crippen molar-refractivity contribution in [3.05, 3.63) is 34.6 Å². The summed E-state index contributed by atoms with van der Waals surface area (Å²) in [5.41, 5.74) is 3.76. The largest absolute Gasteiger partial charge is 0.316 e. The topological polar surface area (TPSA) is 24.9 Å². The van der Waals surface area contributed by atoms with Gasteiger partial charge in [-0.3, -0.25) is 0 Å². The highest BCUT2D eigenvalue weighted by molar-refractivity contribution is 6.30. The number of allylic oxidation sites excluding steroid dienone is 2. The molecule has 1 saturated heterocycles. The van der Waals surface area contributed by atoms with Crippen LogP contribution in [0.5, 0.6) is 0 Å². The van der Waals surface area contributed by atoms with Crippen molar-refractivity contribution in [3.8, 4) is 0 Å². The molecule has 2 atom stereocenters. The van der Waals surface area contributed by atoms with Gasteiger partial charge >= 0.3 is 0 Å². The van der Waals surface area contributed by atoms with Crippen LogP contribution < -0.4 is 5.32 Å². The standard InChI is InChI=1S/C14H17ClN2/c1-9-4-12(8-17-14(9)15)10-2-3-11-6-16-7-13(11)5-10/h2,4,8,11,13,16H,3,5-7H2,1H3/t11-,13+/m0/s1. The van der Waals surface area contributed by atoms with E-state index in [-0.39, 0.29) is 0 Å². The van der Waals surface area contributed by atoms with Crippen LogP contribution in [0.1, 0.15) is 24.0 Å². The van der Waals surface area contributed by atoms with E-state index < -0.39 is 0 Å². The van der Waals surface area contributed by atoms with Gasteiger partial charge in [0.15, 0.2) is 0 Å². The normalized spacial score (nSPS) is 27.8. The second kappa shape index (κ2) is 4.43. The van der Waals surface area contributed by atoms with Crippen molar-refractivity contribution in [1.29, 1.82) is 0 Å². The number of hydrogen-bond acceptors (Lipinski definition) is 2. The van der Waals surface area contributed by atoms with E-state index in [2.05, 4.69) is 22.4 Å². The number of aromatic nitrogens is 1. The minimum absolute atomic E-state index is 0.616. The molecule has 0 spiro atoms. The molecule has 1 aliphatic heterocycles. The van der Waals surface area contributed by atoms with Crippen molar-refractivity contribution < 1.29 is 0 Å². The van der Waals surface area contributed by atoms with E-state index in [0.29, 0.717) is 5.15 Å². The van der Waals surface area contributed by atoms with Crippen LogP contribution in [0, 0.1) is 18.8 Å². The molecule has 1 aromatic heterocycles. The summed E-state index contributed by atoms with van der Waals surface area (Å²) in [6, 6.07) is 2.16. The van der Waals surface area contributed by atoms with E-state index in [1.807, 2.05) is 13.1 Å². The fourth-order valence-electron chi connectivity index (χ4n) is 2.93. The first-order valence-electron chi connectivity index (χ1n) is 6.26. The van der Waals surface area contributed by atoms with E-state index >= 15 is 0 Å². The Morgan fingerprint density at radius 1 is 1.35 bits per heavy atom. The van der Waals surface area contributed by atoms with Crippen LogP contribution in [-0.4, -0.2) is 18.1 Å². The number of nitrogens with zero attached hydrogens (tertiary/aromatic N) is 1. The lowest BCUT2D eigenvalue weighted by molar-refractivity contribution is 0.418. The van der Waals surface area contributed by atoms with Crippen LogP contribution in [0.3, 0.4) is 0 Å². The Labute approximate surface area is 107 Å². The fraction of sp³-hybridized carbons (Fsp3) is 0.500. The van der Waals surface area contributed by atoms with Crippen molar-refractivity contribution in [3.63, 3.8) is 0 Å². The van der Waals surface area contributed by atoms with E-state index in [9.17, 15) is 0 Å². The van der Waals surface area contributed by atoms with E-state index in [0.717, 1.165) is 17.4 Å². The molecule has 0 aromatic carbocycles. The smallest absolute Gasteiger partial charge is 0.131 e. The van der Waals surface area contributed by atoms with Gasteiger partial charge in [-0.05, 0) is 67.5 Å². The number of halogens is 1. The average molecular weight is 249 g/mol. The van der Waals surface area contributed by atoms with Crippen LogP contribution >= 0.6 is 11.6 Å². The van der Waals surface area contributed by atoms with Gasteiger partial charge in [0.2, 0.25) is 0 Å². The zero-order chi connectivity index (χ0) is 11.8. The minimum atomic E-state index is 0.616. The number of nitrogens with one attached hydrogen (secondary N) is 1. The lowest BCUT2D eigenvalue weighted by Gasteiger charge is -2.24. The molecule has 2 heterocycles. The van der Waals surface area contributed by atoms with Gasteiger partial charge in [-0.15, -0.1) is 0 Å². The maximum Gasteiger partial charge on any atom is 0.131 e. The number of aryl methyl sites for hydroxylation is 1.